The zero-order chi connectivity index (χ0) is 23.4. The van der Waals surface area contributed by atoms with E-state index in [-0.39, 0.29) is 11.9 Å². The molecule has 8 heteroatoms. The summed E-state index contributed by atoms with van der Waals surface area (Å²) in [7, 11) is 0. The van der Waals surface area contributed by atoms with Crippen LogP contribution in [0.4, 0.5) is 10.3 Å². The first-order valence-electron chi connectivity index (χ1n) is 10.8. The summed E-state index contributed by atoms with van der Waals surface area (Å²) in [5.74, 6) is 1.06. The number of halogens is 2. The lowest BCUT2D eigenvalue weighted by Gasteiger charge is -2.39. The Labute approximate surface area is 205 Å². The Kier molecular flexibility index (Phi) is 5.12. The quantitative estimate of drug-likeness (QED) is 0.325. The number of benzene rings is 3. The van der Waals surface area contributed by atoms with Crippen LogP contribution < -0.4 is 10.1 Å². The van der Waals surface area contributed by atoms with Crippen LogP contribution in [0.2, 0.25) is 5.02 Å². The van der Waals surface area contributed by atoms with Crippen molar-refractivity contribution in [1.82, 2.24) is 14.8 Å². The molecule has 3 aromatic carbocycles. The molecular formula is C26H20ClFN4OS. The predicted octanol–water partition coefficient (Wildman–Crippen LogP) is 6.66. The second kappa shape index (κ2) is 8.18. The zero-order valence-corrected chi connectivity index (χ0v) is 20.0. The molecule has 0 saturated heterocycles. The van der Waals surface area contributed by atoms with Crippen LogP contribution in [0.15, 0.2) is 77.5 Å². The van der Waals surface area contributed by atoms with Crippen molar-refractivity contribution in [2.75, 3.05) is 11.6 Å². The van der Waals surface area contributed by atoms with Gasteiger partial charge in [0, 0.05) is 16.2 Å². The third-order valence-corrected chi connectivity index (χ3v) is 6.94. The van der Waals surface area contributed by atoms with Gasteiger partial charge >= 0.3 is 0 Å². The van der Waals surface area contributed by atoms with Crippen molar-refractivity contribution in [3.05, 3.63) is 105 Å². The van der Waals surface area contributed by atoms with Crippen LogP contribution in [0.1, 0.15) is 34.4 Å². The molecule has 0 amide bonds. The fraction of sp³-hybridized carbons (Fsp3) is 0.154. The molecule has 6 rings (SSSR count). The maximum absolute atomic E-state index is 13.8. The number of nitrogens with zero attached hydrogens (tertiary/aromatic N) is 3. The maximum Gasteiger partial charge on any atom is 0.227 e. The van der Waals surface area contributed by atoms with Crippen LogP contribution in [0.3, 0.4) is 0 Å². The number of anilines is 1. The highest BCUT2D eigenvalue weighted by molar-refractivity contribution is 7.98. The summed E-state index contributed by atoms with van der Waals surface area (Å²) in [6.45, 7) is 2.06. The summed E-state index contributed by atoms with van der Waals surface area (Å²) < 4.78 is 22.3. The first-order valence-corrected chi connectivity index (χ1v) is 12.4. The van der Waals surface area contributed by atoms with E-state index < -0.39 is 6.10 Å². The number of aryl methyl sites for hydroxylation is 1. The molecule has 0 radical (unpaired) electrons. The summed E-state index contributed by atoms with van der Waals surface area (Å²) in [4.78, 5) is 4.70. The molecular weight excluding hydrogens is 471 g/mol. The molecule has 0 spiro atoms. The van der Waals surface area contributed by atoms with E-state index in [0.717, 1.165) is 28.0 Å². The Morgan fingerprint density at radius 3 is 2.50 bits per heavy atom. The van der Waals surface area contributed by atoms with Crippen LogP contribution in [-0.2, 0) is 0 Å². The van der Waals surface area contributed by atoms with Gasteiger partial charge in [-0.2, -0.15) is 4.98 Å². The first kappa shape index (κ1) is 21.3. The van der Waals surface area contributed by atoms with Crippen molar-refractivity contribution in [3.8, 4) is 5.75 Å². The van der Waals surface area contributed by atoms with E-state index in [4.69, 9.17) is 26.4 Å². The number of nitrogens with one attached hydrogen (secondary N) is 1. The molecule has 170 valence electrons. The molecule has 1 N–H and O–H groups in total. The third kappa shape index (κ3) is 3.47. The molecule has 5 nitrogen and oxygen atoms in total. The molecule has 0 aliphatic carbocycles. The molecule has 0 bridgehead atoms. The SMILES string of the molecule is CSc1nc2n(n1)C(c1ccc(C)cc1)C1=C(N2)c2cc(Cl)ccc2OC1c1ccc(F)cc1. The van der Waals surface area contributed by atoms with Crippen molar-refractivity contribution in [3.63, 3.8) is 0 Å². The lowest BCUT2D eigenvalue weighted by molar-refractivity contribution is 0.223. The Hall–Kier alpha value is -3.29. The molecule has 34 heavy (non-hydrogen) atoms. The number of thioether (sulfide) groups is 1. The van der Waals surface area contributed by atoms with Crippen LogP contribution in [0.5, 0.6) is 5.75 Å². The Morgan fingerprint density at radius 2 is 1.76 bits per heavy atom. The number of rotatable bonds is 3. The van der Waals surface area contributed by atoms with Gasteiger partial charge < -0.3 is 10.1 Å². The Morgan fingerprint density at radius 1 is 1.03 bits per heavy atom. The number of hydrogen-bond donors (Lipinski definition) is 1. The minimum atomic E-state index is -0.460. The average Bonchev–Trinajstić information content (AvgIpc) is 3.27. The Balaban J connectivity index is 1.63. The van der Waals surface area contributed by atoms with Crippen molar-refractivity contribution in [1.29, 1.82) is 0 Å². The van der Waals surface area contributed by atoms with Gasteiger partial charge in [-0.25, -0.2) is 9.07 Å². The standard InChI is InChI=1S/C26H20ClFN4OS/c1-14-3-5-15(6-4-14)23-21-22(29-25-30-26(34-2)31-32(23)25)19-13-17(27)9-12-20(19)33-24(21)16-7-10-18(28)11-8-16/h3-13,23-24H,1-2H3,(H,29,30,31). The maximum atomic E-state index is 13.8. The van der Waals surface area contributed by atoms with Crippen molar-refractivity contribution in [2.24, 2.45) is 0 Å². The highest BCUT2D eigenvalue weighted by Gasteiger charge is 2.41. The smallest absolute Gasteiger partial charge is 0.227 e. The lowest BCUT2D eigenvalue weighted by atomic mass is 9.84. The summed E-state index contributed by atoms with van der Waals surface area (Å²) in [5.41, 5.74) is 5.79. The lowest BCUT2D eigenvalue weighted by Crippen LogP contribution is -2.32. The van der Waals surface area contributed by atoms with Gasteiger partial charge in [0.05, 0.1) is 5.70 Å². The van der Waals surface area contributed by atoms with E-state index in [0.29, 0.717) is 21.9 Å². The number of fused-ring (bicyclic) bond motifs is 3. The van der Waals surface area contributed by atoms with E-state index in [1.165, 1.54) is 29.5 Å². The monoisotopic (exact) mass is 490 g/mol. The number of ether oxygens (including phenoxy) is 1. The average molecular weight is 491 g/mol. The van der Waals surface area contributed by atoms with Gasteiger partial charge in [0.15, 0.2) is 0 Å². The van der Waals surface area contributed by atoms with Gasteiger partial charge in [-0.3, -0.25) is 0 Å². The summed E-state index contributed by atoms with van der Waals surface area (Å²) in [6.07, 6.45) is 1.49. The van der Waals surface area contributed by atoms with Crippen molar-refractivity contribution < 1.29 is 9.13 Å². The van der Waals surface area contributed by atoms with Crippen LogP contribution in [-0.4, -0.2) is 21.0 Å². The summed E-state index contributed by atoms with van der Waals surface area (Å²) >= 11 is 7.88. The van der Waals surface area contributed by atoms with Gasteiger partial charge in [-0.1, -0.05) is 65.3 Å². The normalized spacial score (nSPS) is 18.5. The van der Waals surface area contributed by atoms with E-state index in [1.54, 1.807) is 12.1 Å². The van der Waals surface area contributed by atoms with Crippen LogP contribution in [0, 0.1) is 12.7 Å². The van der Waals surface area contributed by atoms with Gasteiger partial charge in [0.2, 0.25) is 11.1 Å². The molecule has 2 atom stereocenters. The van der Waals surface area contributed by atoms with E-state index >= 15 is 0 Å². The highest BCUT2D eigenvalue weighted by Crippen LogP contribution is 2.51. The molecule has 0 saturated carbocycles. The van der Waals surface area contributed by atoms with Gasteiger partial charge in [0.1, 0.15) is 23.7 Å². The summed E-state index contributed by atoms with van der Waals surface area (Å²) in [6, 6.07) is 20.1. The Bertz CT molecular complexity index is 1430. The summed E-state index contributed by atoms with van der Waals surface area (Å²) in [5, 5.41) is 9.57. The largest absolute Gasteiger partial charge is 0.480 e. The van der Waals surface area contributed by atoms with Crippen molar-refractivity contribution in [2.45, 2.75) is 24.2 Å². The van der Waals surface area contributed by atoms with Gasteiger partial charge in [0.25, 0.3) is 0 Å². The van der Waals surface area contributed by atoms with Crippen LogP contribution in [0.25, 0.3) is 5.70 Å². The van der Waals surface area contributed by atoms with Gasteiger partial charge in [-0.15, -0.1) is 5.10 Å². The second-order valence-electron chi connectivity index (χ2n) is 8.33. The van der Waals surface area contributed by atoms with Gasteiger partial charge in [-0.05, 0) is 54.6 Å². The molecule has 2 aliphatic heterocycles. The minimum Gasteiger partial charge on any atom is -0.480 e. The molecule has 0 fully saturated rings. The highest BCUT2D eigenvalue weighted by atomic mass is 35.5. The third-order valence-electron chi connectivity index (χ3n) is 6.16. The fourth-order valence-corrected chi connectivity index (χ4v) is 5.07. The van der Waals surface area contributed by atoms with E-state index in [9.17, 15) is 4.39 Å². The minimum absolute atomic E-state index is 0.276. The molecule has 2 aliphatic rings. The predicted molar refractivity (Wildman–Crippen MR) is 133 cm³/mol. The first-order chi connectivity index (χ1) is 16.5. The molecule has 4 aromatic rings. The number of hydrogen-bond acceptors (Lipinski definition) is 5. The zero-order valence-electron chi connectivity index (χ0n) is 18.4. The van der Waals surface area contributed by atoms with E-state index in [1.807, 2.05) is 29.1 Å². The van der Waals surface area contributed by atoms with E-state index in [2.05, 4.69) is 36.5 Å². The fourth-order valence-electron chi connectivity index (χ4n) is 4.55. The van der Waals surface area contributed by atoms with Crippen LogP contribution >= 0.6 is 23.4 Å². The molecule has 2 unspecified atom stereocenters. The second-order valence-corrected chi connectivity index (χ2v) is 9.53. The molecule has 3 heterocycles. The van der Waals surface area contributed by atoms with Crippen molar-refractivity contribution >= 4 is 35.0 Å². The number of aromatic nitrogens is 3. The topological polar surface area (TPSA) is 52.0 Å². The molecule has 1 aromatic heterocycles.